The number of hydrogen-bond acceptors (Lipinski definition) is 16. The van der Waals surface area contributed by atoms with Crippen LogP contribution in [0.2, 0.25) is 0 Å². The van der Waals surface area contributed by atoms with Crippen LogP contribution in [0.1, 0.15) is 17.2 Å². The van der Waals surface area contributed by atoms with E-state index < -0.39 is 97.8 Å². The molecule has 44 heavy (non-hydrogen) atoms. The van der Waals surface area contributed by atoms with Gasteiger partial charge in [-0.25, -0.2) is 4.79 Å². The summed E-state index contributed by atoms with van der Waals surface area (Å²) in [6, 6.07) is 7.32. The second-order valence-corrected chi connectivity index (χ2v) is 10.2. The molecule has 2 aromatic rings. The molecular weight excluding hydrogens is 592 g/mol. The quantitative estimate of drug-likeness (QED) is 0.0783. The molecule has 0 bridgehead atoms. The van der Waals surface area contributed by atoms with Crippen molar-refractivity contribution in [3.63, 3.8) is 0 Å². The van der Waals surface area contributed by atoms with Gasteiger partial charge < -0.3 is 74.7 Å². The predicted molar refractivity (Wildman–Crippen MR) is 144 cm³/mol. The first-order valence-electron chi connectivity index (χ1n) is 13.4. The van der Waals surface area contributed by atoms with Crippen LogP contribution in [0.15, 0.2) is 42.5 Å². The van der Waals surface area contributed by atoms with Crippen molar-refractivity contribution < 1.29 is 79.5 Å². The molecule has 16 nitrogen and oxygen atoms in total. The molecular formula is C28H34O16. The lowest BCUT2D eigenvalue weighted by Crippen LogP contribution is -2.61. The van der Waals surface area contributed by atoms with E-state index in [2.05, 4.69) is 0 Å². The molecule has 2 aliphatic heterocycles. The predicted octanol–water partition coefficient (Wildman–Crippen LogP) is -1.91. The van der Waals surface area contributed by atoms with Crippen LogP contribution < -0.4 is 0 Å². The topological polar surface area (TPSA) is 266 Å². The van der Waals surface area contributed by atoms with E-state index >= 15 is 0 Å². The number of rotatable bonds is 10. The Morgan fingerprint density at radius 3 is 2.18 bits per heavy atom. The number of hydrogen-bond donors (Lipinski definition) is 10. The van der Waals surface area contributed by atoms with E-state index in [9.17, 15) is 55.9 Å². The minimum Gasteiger partial charge on any atom is -0.504 e. The van der Waals surface area contributed by atoms with Crippen molar-refractivity contribution in [2.24, 2.45) is 0 Å². The molecule has 2 saturated heterocycles. The van der Waals surface area contributed by atoms with Gasteiger partial charge in [-0.2, -0.15) is 0 Å². The van der Waals surface area contributed by atoms with Crippen LogP contribution in [0.25, 0.3) is 6.08 Å². The SMILES string of the molecule is O=C(C=Cc1ccc(O)c(O)c1)O[C@@H]1[C@H](O)[C@@H](O)[C@H](OC[C@@H](O)c2ccc(O)c(O)c2)O[C@@H]1CO[C@@H]1OC[C@@H](O)[C@H](O)[C@H]1O. The molecule has 0 saturated carbocycles. The maximum absolute atomic E-state index is 12.6. The maximum Gasteiger partial charge on any atom is 0.331 e. The lowest BCUT2D eigenvalue weighted by Gasteiger charge is -2.42. The molecule has 0 radical (unpaired) electrons. The fourth-order valence-corrected chi connectivity index (χ4v) is 4.45. The van der Waals surface area contributed by atoms with Crippen molar-refractivity contribution in [1.29, 1.82) is 0 Å². The second kappa shape index (κ2) is 14.5. The Morgan fingerprint density at radius 1 is 0.841 bits per heavy atom. The summed E-state index contributed by atoms with van der Waals surface area (Å²) in [5, 5.41) is 100. The van der Waals surface area contributed by atoms with Crippen molar-refractivity contribution in [1.82, 2.24) is 0 Å². The van der Waals surface area contributed by atoms with E-state index in [0.717, 1.165) is 18.2 Å². The van der Waals surface area contributed by atoms with Crippen LogP contribution >= 0.6 is 0 Å². The molecule has 16 heteroatoms. The summed E-state index contributed by atoms with van der Waals surface area (Å²) in [5.41, 5.74) is 0.464. The number of esters is 1. The van der Waals surface area contributed by atoms with Crippen LogP contribution in [-0.2, 0) is 28.5 Å². The van der Waals surface area contributed by atoms with Crippen molar-refractivity contribution >= 4 is 12.0 Å². The number of phenolic OH excluding ortho intramolecular Hbond substituents is 4. The van der Waals surface area contributed by atoms with Crippen molar-refractivity contribution in [3.8, 4) is 23.0 Å². The molecule has 10 atom stereocenters. The van der Waals surface area contributed by atoms with E-state index in [1.165, 1.54) is 30.3 Å². The molecule has 0 amide bonds. The van der Waals surface area contributed by atoms with E-state index in [4.69, 9.17) is 23.7 Å². The Kier molecular flexibility index (Phi) is 11.0. The summed E-state index contributed by atoms with van der Waals surface area (Å²) in [6.07, 6.45) is -13.5. The molecule has 0 aliphatic carbocycles. The van der Waals surface area contributed by atoms with Gasteiger partial charge in [-0.05, 0) is 41.5 Å². The summed E-state index contributed by atoms with van der Waals surface area (Å²) in [5.74, 6) is -2.72. The van der Waals surface area contributed by atoms with Crippen LogP contribution in [0.3, 0.4) is 0 Å². The van der Waals surface area contributed by atoms with Gasteiger partial charge in [-0.1, -0.05) is 12.1 Å². The third kappa shape index (κ3) is 7.93. The van der Waals surface area contributed by atoms with Crippen molar-refractivity contribution in [3.05, 3.63) is 53.6 Å². The third-order valence-electron chi connectivity index (χ3n) is 6.99. The minimum atomic E-state index is -1.84. The Morgan fingerprint density at radius 2 is 1.50 bits per heavy atom. The van der Waals surface area contributed by atoms with Gasteiger partial charge in [0, 0.05) is 6.08 Å². The number of aromatic hydroxyl groups is 4. The molecule has 0 unspecified atom stereocenters. The van der Waals surface area contributed by atoms with Crippen LogP contribution in [0, 0.1) is 0 Å². The molecule has 242 valence electrons. The standard InChI is InChI=1S/C28H34O16/c29-14-4-1-12(7-16(14)31)2-6-21(35)44-26-20(11-42-27-24(38)22(36)19(34)10-40-27)43-28(25(39)23(26)37)41-9-18(33)13-3-5-15(30)17(32)8-13/h1-8,18-20,22-34,36-39H,9-11H2/t18-,19-,20-,22+,23-,24-,25-,26+,27+,28-/m1/s1. The number of aliphatic hydroxyl groups excluding tert-OH is 6. The van der Waals surface area contributed by atoms with Gasteiger partial charge in [0.05, 0.1) is 19.8 Å². The first kappa shape index (κ1) is 33.3. The number of benzene rings is 2. The molecule has 4 rings (SSSR count). The fraction of sp³-hybridized carbons (Fsp3) is 0.464. The highest BCUT2D eigenvalue weighted by Gasteiger charge is 2.48. The summed E-state index contributed by atoms with van der Waals surface area (Å²) < 4.78 is 27.2. The monoisotopic (exact) mass is 626 g/mol. The van der Waals surface area contributed by atoms with E-state index in [1.54, 1.807) is 0 Å². The average molecular weight is 627 g/mol. The molecule has 0 spiro atoms. The number of aliphatic hydroxyl groups is 6. The molecule has 10 N–H and O–H groups in total. The first-order chi connectivity index (χ1) is 20.8. The van der Waals surface area contributed by atoms with Gasteiger partial charge in [-0.3, -0.25) is 0 Å². The largest absolute Gasteiger partial charge is 0.504 e. The summed E-state index contributed by atoms with van der Waals surface area (Å²) in [4.78, 5) is 12.6. The Balaban J connectivity index is 1.46. The van der Waals surface area contributed by atoms with E-state index in [0.29, 0.717) is 5.56 Å². The highest BCUT2D eigenvalue weighted by atomic mass is 16.7. The number of phenols is 4. The molecule has 2 heterocycles. The Hall–Kier alpha value is -3.55. The van der Waals surface area contributed by atoms with Crippen molar-refractivity contribution in [2.75, 3.05) is 19.8 Å². The van der Waals surface area contributed by atoms with Gasteiger partial charge in [-0.15, -0.1) is 0 Å². The third-order valence-corrected chi connectivity index (χ3v) is 6.99. The second-order valence-electron chi connectivity index (χ2n) is 10.2. The number of carbonyl (C=O) groups is 1. The molecule has 2 fully saturated rings. The molecule has 2 aliphatic rings. The zero-order valence-corrected chi connectivity index (χ0v) is 22.9. The van der Waals surface area contributed by atoms with Crippen LogP contribution in [0.5, 0.6) is 23.0 Å². The summed E-state index contributed by atoms with van der Waals surface area (Å²) in [7, 11) is 0. The van der Waals surface area contributed by atoms with Gasteiger partial charge >= 0.3 is 5.97 Å². The molecule has 2 aromatic carbocycles. The zero-order chi connectivity index (χ0) is 32.1. The molecule has 0 aromatic heterocycles. The van der Waals surface area contributed by atoms with E-state index in [1.807, 2.05) is 0 Å². The maximum atomic E-state index is 12.6. The van der Waals surface area contributed by atoms with Crippen LogP contribution in [-0.4, -0.2) is 132 Å². The fourth-order valence-electron chi connectivity index (χ4n) is 4.45. The number of ether oxygens (including phenoxy) is 5. The summed E-state index contributed by atoms with van der Waals surface area (Å²) in [6.45, 7) is -1.45. The zero-order valence-electron chi connectivity index (χ0n) is 22.9. The van der Waals surface area contributed by atoms with Gasteiger partial charge in [0.15, 0.2) is 41.7 Å². The lowest BCUT2D eigenvalue weighted by molar-refractivity contribution is -0.323. The minimum absolute atomic E-state index is 0.149. The summed E-state index contributed by atoms with van der Waals surface area (Å²) >= 11 is 0. The smallest absolute Gasteiger partial charge is 0.331 e. The van der Waals surface area contributed by atoms with Crippen LogP contribution in [0.4, 0.5) is 0 Å². The van der Waals surface area contributed by atoms with Gasteiger partial charge in [0.1, 0.15) is 42.7 Å². The average Bonchev–Trinajstić information content (AvgIpc) is 2.99. The van der Waals surface area contributed by atoms with Gasteiger partial charge in [0.2, 0.25) is 0 Å². The van der Waals surface area contributed by atoms with Crippen molar-refractivity contribution in [2.45, 2.75) is 61.4 Å². The highest BCUT2D eigenvalue weighted by molar-refractivity contribution is 5.87. The van der Waals surface area contributed by atoms with Gasteiger partial charge in [0.25, 0.3) is 0 Å². The van der Waals surface area contributed by atoms with E-state index in [-0.39, 0.29) is 17.9 Å². The Labute approximate surface area is 249 Å². The normalized spacial score (nSPS) is 31.5. The number of carbonyl (C=O) groups excluding carboxylic acids is 1. The first-order valence-corrected chi connectivity index (χ1v) is 13.4. The highest BCUT2D eigenvalue weighted by Crippen LogP contribution is 2.30. The lowest BCUT2D eigenvalue weighted by atomic mass is 9.98. The Bertz CT molecular complexity index is 1300.